The first-order valence-electron chi connectivity index (χ1n) is 9.04. The highest BCUT2D eigenvalue weighted by atomic mass is 16.5. The fourth-order valence-electron chi connectivity index (χ4n) is 3.42. The van der Waals surface area contributed by atoms with Crippen molar-refractivity contribution < 1.29 is 9.53 Å². The number of carbonyl (C=O) groups is 1. The minimum absolute atomic E-state index is 0.0265. The smallest absolute Gasteiger partial charge is 0.223 e. The molecule has 1 aromatic carbocycles. The Bertz CT molecular complexity index is 915. The van der Waals surface area contributed by atoms with E-state index in [0.29, 0.717) is 12.2 Å². The molecule has 0 atom stereocenters. The number of benzene rings is 1. The van der Waals surface area contributed by atoms with Crippen LogP contribution in [0.25, 0.3) is 11.2 Å². The van der Waals surface area contributed by atoms with Gasteiger partial charge in [-0.1, -0.05) is 12.1 Å². The first-order chi connectivity index (χ1) is 13.2. The van der Waals surface area contributed by atoms with Crippen LogP contribution in [0.3, 0.4) is 0 Å². The minimum atomic E-state index is 0.0265. The Labute approximate surface area is 157 Å². The van der Waals surface area contributed by atoms with Crippen molar-refractivity contribution in [3.05, 3.63) is 42.5 Å². The zero-order valence-electron chi connectivity index (χ0n) is 15.2. The summed E-state index contributed by atoms with van der Waals surface area (Å²) in [5, 5.41) is 3.05. The summed E-state index contributed by atoms with van der Waals surface area (Å²) < 4.78 is 5.15. The lowest BCUT2D eigenvalue weighted by Crippen LogP contribution is -2.40. The van der Waals surface area contributed by atoms with E-state index in [1.807, 2.05) is 24.3 Å². The van der Waals surface area contributed by atoms with E-state index in [2.05, 4.69) is 30.2 Å². The summed E-state index contributed by atoms with van der Waals surface area (Å²) in [7, 11) is 1.64. The van der Waals surface area contributed by atoms with Crippen LogP contribution in [-0.4, -0.2) is 46.0 Å². The van der Waals surface area contributed by atoms with Crippen LogP contribution in [0.5, 0.6) is 5.75 Å². The maximum Gasteiger partial charge on any atom is 0.223 e. The number of piperidine rings is 1. The fourth-order valence-corrected chi connectivity index (χ4v) is 3.42. The molecule has 0 saturated carbocycles. The van der Waals surface area contributed by atoms with Crippen LogP contribution in [0, 0.1) is 5.92 Å². The highest BCUT2D eigenvalue weighted by molar-refractivity contribution is 5.83. The number of methoxy groups -OCH3 is 1. The van der Waals surface area contributed by atoms with E-state index in [4.69, 9.17) is 4.74 Å². The number of hydrogen-bond acceptors (Lipinski definition) is 6. The first kappa shape index (κ1) is 17.3. The summed E-state index contributed by atoms with van der Waals surface area (Å²) in [6, 6.07) is 7.73. The third-order valence-electron chi connectivity index (χ3n) is 4.99. The van der Waals surface area contributed by atoms with E-state index in [1.165, 1.54) is 6.33 Å². The third-order valence-corrected chi connectivity index (χ3v) is 4.99. The van der Waals surface area contributed by atoms with Crippen LogP contribution < -0.4 is 15.0 Å². The number of aromatic amines is 1. The van der Waals surface area contributed by atoms with Crippen molar-refractivity contribution in [3.63, 3.8) is 0 Å². The van der Waals surface area contributed by atoms with Crippen molar-refractivity contribution >= 4 is 22.9 Å². The Kier molecular flexibility index (Phi) is 4.86. The van der Waals surface area contributed by atoms with E-state index < -0.39 is 0 Å². The van der Waals surface area contributed by atoms with Crippen LogP contribution in [0.15, 0.2) is 36.9 Å². The van der Waals surface area contributed by atoms with Crippen LogP contribution in [-0.2, 0) is 11.3 Å². The number of H-pyrrole nitrogens is 1. The highest BCUT2D eigenvalue weighted by Crippen LogP contribution is 2.25. The Balaban J connectivity index is 1.32. The van der Waals surface area contributed by atoms with Gasteiger partial charge in [-0.25, -0.2) is 15.0 Å². The number of rotatable bonds is 5. The van der Waals surface area contributed by atoms with Crippen LogP contribution in [0.1, 0.15) is 18.4 Å². The van der Waals surface area contributed by atoms with E-state index in [0.717, 1.165) is 48.6 Å². The molecule has 27 heavy (non-hydrogen) atoms. The van der Waals surface area contributed by atoms with Gasteiger partial charge in [-0.15, -0.1) is 0 Å². The molecule has 1 aliphatic rings. The van der Waals surface area contributed by atoms with Crippen molar-refractivity contribution in [2.75, 3.05) is 25.1 Å². The third kappa shape index (κ3) is 3.69. The number of ether oxygens (including phenoxy) is 1. The van der Waals surface area contributed by atoms with Gasteiger partial charge < -0.3 is 19.9 Å². The van der Waals surface area contributed by atoms with Gasteiger partial charge in [0, 0.05) is 25.6 Å². The largest absolute Gasteiger partial charge is 0.497 e. The van der Waals surface area contributed by atoms with Gasteiger partial charge in [0.2, 0.25) is 5.91 Å². The van der Waals surface area contributed by atoms with Gasteiger partial charge in [-0.2, -0.15) is 0 Å². The van der Waals surface area contributed by atoms with Crippen LogP contribution in [0.4, 0.5) is 5.82 Å². The van der Waals surface area contributed by atoms with Crippen molar-refractivity contribution in [2.24, 2.45) is 5.92 Å². The molecule has 0 aliphatic carbocycles. The number of carbonyl (C=O) groups excluding carboxylic acids is 1. The zero-order valence-corrected chi connectivity index (χ0v) is 15.2. The summed E-state index contributed by atoms with van der Waals surface area (Å²) >= 11 is 0. The molecule has 2 N–H and O–H groups in total. The van der Waals surface area contributed by atoms with Gasteiger partial charge in [0.05, 0.1) is 13.4 Å². The summed E-state index contributed by atoms with van der Waals surface area (Å²) in [6.07, 6.45) is 4.76. The summed E-state index contributed by atoms with van der Waals surface area (Å²) in [4.78, 5) is 30.5. The van der Waals surface area contributed by atoms with Crippen molar-refractivity contribution in [2.45, 2.75) is 19.4 Å². The monoisotopic (exact) mass is 366 g/mol. The lowest BCUT2D eigenvalue weighted by atomic mass is 9.95. The minimum Gasteiger partial charge on any atom is -0.497 e. The summed E-state index contributed by atoms with van der Waals surface area (Å²) in [6.45, 7) is 2.10. The van der Waals surface area contributed by atoms with Crippen LogP contribution >= 0.6 is 0 Å². The molecule has 1 saturated heterocycles. The van der Waals surface area contributed by atoms with Crippen molar-refractivity contribution in [1.82, 2.24) is 25.3 Å². The van der Waals surface area contributed by atoms with Gasteiger partial charge in [0.1, 0.15) is 17.6 Å². The molecule has 0 spiro atoms. The van der Waals surface area contributed by atoms with Gasteiger partial charge in [-0.05, 0) is 30.5 Å². The molecule has 1 amide bonds. The van der Waals surface area contributed by atoms with E-state index in [9.17, 15) is 4.79 Å². The molecule has 0 bridgehead atoms. The highest BCUT2D eigenvalue weighted by Gasteiger charge is 2.26. The number of fused-ring (bicyclic) bond motifs is 1. The predicted octanol–water partition coefficient (Wildman–Crippen LogP) is 1.89. The van der Waals surface area contributed by atoms with Gasteiger partial charge in [0.25, 0.3) is 0 Å². The number of anilines is 1. The Morgan fingerprint density at radius 2 is 2.00 bits per heavy atom. The summed E-state index contributed by atoms with van der Waals surface area (Å²) in [5.41, 5.74) is 2.57. The number of imidazole rings is 1. The second-order valence-corrected chi connectivity index (χ2v) is 6.63. The van der Waals surface area contributed by atoms with E-state index >= 15 is 0 Å². The molecule has 8 nitrogen and oxygen atoms in total. The number of amides is 1. The second-order valence-electron chi connectivity index (χ2n) is 6.63. The second kappa shape index (κ2) is 7.61. The average Bonchev–Trinajstić information content (AvgIpc) is 3.21. The Morgan fingerprint density at radius 1 is 1.22 bits per heavy atom. The lowest BCUT2D eigenvalue weighted by Gasteiger charge is -2.32. The Hall–Kier alpha value is -3.16. The molecule has 1 aliphatic heterocycles. The average molecular weight is 366 g/mol. The van der Waals surface area contributed by atoms with Crippen molar-refractivity contribution in [3.8, 4) is 5.75 Å². The van der Waals surface area contributed by atoms with Crippen LogP contribution in [0.2, 0.25) is 0 Å². The zero-order chi connectivity index (χ0) is 18.6. The van der Waals surface area contributed by atoms with Gasteiger partial charge in [0.15, 0.2) is 11.5 Å². The molecule has 0 radical (unpaired) electrons. The molecule has 1 fully saturated rings. The maximum absolute atomic E-state index is 12.5. The molecule has 4 rings (SSSR count). The molecule has 8 heteroatoms. The predicted molar refractivity (Wildman–Crippen MR) is 101 cm³/mol. The first-order valence-corrected chi connectivity index (χ1v) is 9.04. The lowest BCUT2D eigenvalue weighted by molar-refractivity contribution is -0.125. The summed E-state index contributed by atoms with van der Waals surface area (Å²) in [5.74, 6) is 1.81. The normalized spacial score (nSPS) is 15.1. The van der Waals surface area contributed by atoms with E-state index in [1.54, 1.807) is 13.4 Å². The molecule has 2 aromatic heterocycles. The van der Waals surface area contributed by atoms with Gasteiger partial charge in [-0.3, -0.25) is 4.79 Å². The SMILES string of the molecule is COc1ccc(CNC(=O)C2CCN(c3ncnc4nc[nH]c34)CC2)cc1. The van der Waals surface area contributed by atoms with E-state index in [-0.39, 0.29) is 11.8 Å². The van der Waals surface area contributed by atoms with Crippen molar-refractivity contribution in [1.29, 1.82) is 0 Å². The maximum atomic E-state index is 12.5. The molecule has 3 aromatic rings. The molecular formula is C19H22N6O2. The fraction of sp³-hybridized carbons (Fsp3) is 0.368. The quantitative estimate of drug-likeness (QED) is 0.716. The number of nitrogens with zero attached hydrogens (tertiary/aromatic N) is 4. The molecule has 0 unspecified atom stereocenters. The van der Waals surface area contributed by atoms with Gasteiger partial charge >= 0.3 is 0 Å². The molecular weight excluding hydrogens is 344 g/mol. The molecule has 140 valence electrons. The Morgan fingerprint density at radius 3 is 2.74 bits per heavy atom. The topological polar surface area (TPSA) is 96.0 Å². The number of aromatic nitrogens is 4. The molecule has 3 heterocycles. The number of hydrogen-bond donors (Lipinski definition) is 2. The number of nitrogens with one attached hydrogen (secondary N) is 2. The standard InChI is InChI=1S/C19H22N6O2/c1-27-15-4-2-13(3-5-15)10-20-19(26)14-6-8-25(9-7-14)18-16-17(22-11-21-16)23-12-24-18/h2-5,11-12,14H,6-10H2,1H3,(H,20,26)(H,21,22,23,24).